The van der Waals surface area contributed by atoms with E-state index in [0.29, 0.717) is 5.69 Å². The molecule has 5 heteroatoms. The number of hydrogen-bond donors (Lipinski definition) is 2. The summed E-state index contributed by atoms with van der Waals surface area (Å²) >= 11 is 1.42. The molecular formula is C6H10N2O2S. The van der Waals surface area contributed by atoms with Gasteiger partial charge >= 0.3 is 0 Å². The second-order valence-corrected chi connectivity index (χ2v) is 3.21. The third-order valence-electron chi connectivity index (χ3n) is 1.30. The second-order valence-electron chi connectivity index (χ2n) is 2.15. The molecule has 1 atom stereocenters. The molecule has 0 spiro atoms. The fourth-order valence-corrected chi connectivity index (χ4v) is 1.29. The Hall–Kier alpha value is -0.490. The van der Waals surface area contributed by atoms with E-state index in [0.717, 1.165) is 5.01 Å². The van der Waals surface area contributed by atoms with Gasteiger partial charge in [-0.25, -0.2) is 4.98 Å². The van der Waals surface area contributed by atoms with Crippen molar-refractivity contribution in [1.82, 2.24) is 4.98 Å². The zero-order valence-corrected chi connectivity index (χ0v) is 7.18. The smallest absolute Gasteiger partial charge is 0.269 e. The van der Waals surface area contributed by atoms with Gasteiger partial charge in [-0.15, -0.1) is 11.3 Å². The fourth-order valence-electron chi connectivity index (χ4n) is 0.633. The molecule has 0 amide bonds. The number of rotatable bonds is 2. The van der Waals surface area contributed by atoms with Gasteiger partial charge in [0, 0.05) is 12.5 Å². The van der Waals surface area contributed by atoms with Crippen LogP contribution in [0.2, 0.25) is 0 Å². The molecule has 0 aliphatic carbocycles. The second kappa shape index (κ2) is 2.86. The summed E-state index contributed by atoms with van der Waals surface area (Å²) in [6.45, 7) is 1.83. The first kappa shape index (κ1) is 8.61. The molecule has 0 saturated heterocycles. The molecular weight excluding hydrogens is 164 g/mol. The predicted molar refractivity (Wildman–Crippen MR) is 41.9 cm³/mol. The summed E-state index contributed by atoms with van der Waals surface area (Å²) in [6, 6.07) is 0. The highest BCUT2D eigenvalue weighted by Crippen LogP contribution is 2.17. The largest absolute Gasteiger partial charge is 0.348 e. The number of nitrogens with two attached hydrogens (primary N) is 1. The molecule has 4 nitrogen and oxygen atoms in total. The number of aryl methyl sites for hydroxylation is 1. The molecule has 1 rings (SSSR count). The maximum absolute atomic E-state index is 9.31. The molecule has 0 bridgehead atoms. The van der Waals surface area contributed by atoms with Crippen molar-refractivity contribution in [1.29, 1.82) is 0 Å². The lowest BCUT2D eigenvalue weighted by Crippen LogP contribution is -2.38. The molecule has 3 N–H and O–H groups in total. The normalized spacial score (nSPS) is 16.4. The third-order valence-corrected chi connectivity index (χ3v) is 2.07. The van der Waals surface area contributed by atoms with Crippen LogP contribution in [0.15, 0.2) is 5.38 Å². The van der Waals surface area contributed by atoms with Gasteiger partial charge in [-0.05, 0) is 6.92 Å². The Kier molecular flexibility index (Phi) is 2.24. The van der Waals surface area contributed by atoms with Gasteiger partial charge in [-0.2, -0.15) is 0 Å². The topological polar surface area (TPSA) is 68.4 Å². The lowest BCUT2D eigenvalue weighted by atomic mass is 10.4. The molecule has 62 valence electrons. The minimum absolute atomic E-state index is 0.350. The summed E-state index contributed by atoms with van der Waals surface area (Å²) in [7, 11) is 1.33. The quantitative estimate of drug-likeness (QED) is 0.627. The summed E-state index contributed by atoms with van der Waals surface area (Å²) in [5, 5.41) is 11.8. The number of nitrogens with zero attached hydrogens (tertiary/aromatic N) is 1. The Morgan fingerprint density at radius 1 is 1.82 bits per heavy atom. The van der Waals surface area contributed by atoms with Crippen molar-refractivity contribution in [3.63, 3.8) is 0 Å². The number of hydrogen-bond acceptors (Lipinski definition) is 5. The van der Waals surface area contributed by atoms with Crippen LogP contribution < -0.4 is 5.73 Å². The molecule has 0 aliphatic rings. The summed E-state index contributed by atoms with van der Waals surface area (Å²) in [4.78, 5) is 3.97. The van der Waals surface area contributed by atoms with Crippen molar-refractivity contribution in [2.24, 2.45) is 5.73 Å². The van der Waals surface area contributed by atoms with Gasteiger partial charge in [0.15, 0.2) is 0 Å². The summed E-state index contributed by atoms with van der Waals surface area (Å²) in [5.74, 6) is -1.75. The van der Waals surface area contributed by atoms with E-state index in [4.69, 9.17) is 5.73 Å². The minimum atomic E-state index is -1.75. The number of methoxy groups -OCH3 is 1. The number of aromatic nitrogens is 1. The van der Waals surface area contributed by atoms with Gasteiger partial charge in [0.2, 0.25) is 0 Å². The Balaban J connectivity index is 2.92. The van der Waals surface area contributed by atoms with Crippen molar-refractivity contribution in [3.05, 3.63) is 16.1 Å². The van der Waals surface area contributed by atoms with E-state index in [1.807, 2.05) is 6.92 Å². The lowest BCUT2D eigenvalue weighted by Gasteiger charge is -2.17. The van der Waals surface area contributed by atoms with Gasteiger partial charge in [0.25, 0.3) is 5.91 Å². The SMILES string of the molecule is COC(N)(O)c1csc(C)n1. The van der Waals surface area contributed by atoms with E-state index in [1.165, 1.54) is 18.4 Å². The first-order valence-corrected chi connectivity index (χ1v) is 3.93. The Morgan fingerprint density at radius 2 is 2.45 bits per heavy atom. The van der Waals surface area contributed by atoms with Crippen LogP contribution in [0.5, 0.6) is 0 Å². The van der Waals surface area contributed by atoms with Crippen molar-refractivity contribution in [2.75, 3.05) is 7.11 Å². The molecule has 1 aromatic heterocycles. The zero-order valence-electron chi connectivity index (χ0n) is 6.37. The monoisotopic (exact) mass is 174 g/mol. The molecule has 1 aromatic rings. The predicted octanol–water partition coefficient (Wildman–Crippen LogP) is 0.159. The van der Waals surface area contributed by atoms with Crippen LogP contribution in [0.4, 0.5) is 0 Å². The minimum Gasteiger partial charge on any atom is -0.348 e. The average molecular weight is 174 g/mol. The van der Waals surface area contributed by atoms with E-state index in [-0.39, 0.29) is 0 Å². The van der Waals surface area contributed by atoms with E-state index < -0.39 is 5.91 Å². The number of ether oxygens (including phenoxy) is 1. The maximum Gasteiger partial charge on any atom is 0.269 e. The van der Waals surface area contributed by atoms with Crippen molar-refractivity contribution < 1.29 is 9.84 Å². The Morgan fingerprint density at radius 3 is 2.82 bits per heavy atom. The van der Waals surface area contributed by atoms with E-state index >= 15 is 0 Å². The van der Waals surface area contributed by atoms with Gasteiger partial charge < -0.3 is 9.84 Å². The first-order chi connectivity index (χ1) is 5.06. The maximum atomic E-state index is 9.31. The van der Waals surface area contributed by atoms with Crippen molar-refractivity contribution in [3.8, 4) is 0 Å². The van der Waals surface area contributed by atoms with Crippen molar-refractivity contribution in [2.45, 2.75) is 12.8 Å². The molecule has 0 saturated carbocycles. The van der Waals surface area contributed by atoms with Crippen LogP contribution in [0.1, 0.15) is 10.7 Å². The van der Waals surface area contributed by atoms with Crippen LogP contribution in [0, 0.1) is 6.92 Å². The Bertz CT molecular complexity index is 246. The molecule has 0 aliphatic heterocycles. The summed E-state index contributed by atoms with van der Waals surface area (Å²) in [5.41, 5.74) is 5.68. The van der Waals surface area contributed by atoms with E-state index in [9.17, 15) is 5.11 Å². The lowest BCUT2D eigenvalue weighted by molar-refractivity contribution is -0.191. The van der Waals surface area contributed by atoms with Crippen LogP contribution in [-0.2, 0) is 10.6 Å². The van der Waals surface area contributed by atoms with Crippen LogP contribution in [0.25, 0.3) is 0 Å². The Labute approximate surface area is 68.6 Å². The van der Waals surface area contributed by atoms with E-state index in [1.54, 1.807) is 5.38 Å². The van der Waals surface area contributed by atoms with Gasteiger partial charge in [-0.3, -0.25) is 5.73 Å². The highest BCUT2D eigenvalue weighted by molar-refractivity contribution is 7.09. The standard InChI is InChI=1S/C6H10N2O2S/c1-4-8-5(3-11-4)6(7,9)10-2/h3,9H,7H2,1-2H3. The molecule has 1 unspecified atom stereocenters. The van der Waals surface area contributed by atoms with Gasteiger partial charge in [0.05, 0.1) is 5.01 Å². The van der Waals surface area contributed by atoms with Gasteiger partial charge in [0.1, 0.15) is 5.69 Å². The van der Waals surface area contributed by atoms with Crippen molar-refractivity contribution >= 4 is 11.3 Å². The van der Waals surface area contributed by atoms with Crippen LogP contribution in [-0.4, -0.2) is 17.2 Å². The third kappa shape index (κ3) is 1.75. The van der Waals surface area contributed by atoms with Crippen LogP contribution in [0.3, 0.4) is 0 Å². The molecule has 0 radical (unpaired) electrons. The fraction of sp³-hybridized carbons (Fsp3) is 0.500. The molecule has 11 heavy (non-hydrogen) atoms. The number of aliphatic hydroxyl groups is 1. The zero-order chi connectivity index (χ0) is 8.48. The van der Waals surface area contributed by atoms with E-state index in [2.05, 4.69) is 9.72 Å². The summed E-state index contributed by atoms with van der Waals surface area (Å²) < 4.78 is 4.61. The number of thiazole rings is 1. The molecule has 1 heterocycles. The van der Waals surface area contributed by atoms with Crippen LogP contribution >= 0.6 is 11.3 Å². The highest BCUT2D eigenvalue weighted by Gasteiger charge is 2.25. The first-order valence-electron chi connectivity index (χ1n) is 3.05. The summed E-state index contributed by atoms with van der Waals surface area (Å²) in [6.07, 6.45) is 0. The highest BCUT2D eigenvalue weighted by atomic mass is 32.1. The molecule has 0 aromatic carbocycles. The average Bonchev–Trinajstić information content (AvgIpc) is 2.36. The molecule has 0 fully saturated rings. The van der Waals surface area contributed by atoms with Gasteiger partial charge in [-0.1, -0.05) is 0 Å².